The third kappa shape index (κ3) is 3.80. The van der Waals surface area contributed by atoms with Gasteiger partial charge in [0.25, 0.3) is 0 Å². The highest BCUT2D eigenvalue weighted by Gasteiger charge is 2.43. The molecule has 0 saturated heterocycles. The lowest BCUT2D eigenvalue weighted by atomic mass is 9.71. The quantitative estimate of drug-likeness (QED) is 0.700. The van der Waals surface area contributed by atoms with Crippen molar-refractivity contribution in [3.63, 3.8) is 0 Å². The predicted octanol–water partition coefficient (Wildman–Crippen LogP) is 4.92. The van der Waals surface area contributed by atoms with Crippen molar-refractivity contribution in [1.82, 2.24) is 0 Å². The number of ether oxygens (including phenoxy) is 1. The van der Waals surface area contributed by atoms with Crippen LogP contribution in [0.15, 0.2) is 70.9 Å². The zero-order valence-electron chi connectivity index (χ0n) is 16.9. The average molecular weight is 387 g/mol. The van der Waals surface area contributed by atoms with Gasteiger partial charge in [-0.2, -0.15) is 0 Å². The third-order valence-electron chi connectivity index (χ3n) is 5.84. The van der Waals surface area contributed by atoms with Crippen LogP contribution in [0.3, 0.4) is 0 Å². The van der Waals surface area contributed by atoms with Crippen molar-refractivity contribution in [3.05, 3.63) is 82.6 Å². The van der Waals surface area contributed by atoms with Crippen molar-refractivity contribution in [2.45, 2.75) is 45.6 Å². The highest BCUT2D eigenvalue weighted by atomic mass is 16.5. The topological polar surface area (TPSA) is 55.7 Å². The number of allylic oxidation sites excluding steroid dienone is 2. The Bertz CT molecular complexity index is 1000. The fourth-order valence-electron chi connectivity index (χ4n) is 4.40. The van der Waals surface area contributed by atoms with Gasteiger partial charge in [0.2, 0.25) is 0 Å². The average Bonchev–Trinajstić information content (AvgIpc) is 2.72. The van der Waals surface area contributed by atoms with Crippen LogP contribution in [0.1, 0.15) is 48.8 Å². The van der Waals surface area contributed by atoms with Gasteiger partial charge in [-0.15, -0.1) is 0 Å². The molecular formula is C25H25NO3. The first kappa shape index (κ1) is 19.3. The number of aryl methyl sites for hydroxylation is 1. The van der Waals surface area contributed by atoms with Crippen LogP contribution < -0.4 is 0 Å². The van der Waals surface area contributed by atoms with Gasteiger partial charge in [-0.3, -0.25) is 14.6 Å². The van der Waals surface area contributed by atoms with E-state index >= 15 is 0 Å². The summed E-state index contributed by atoms with van der Waals surface area (Å²) in [6.07, 6.45) is 2.12. The number of ketones is 1. The molecule has 2 aliphatic rings. The fourth-order valence-corrected chi connectivity index (χ4v) is 4.40. The summed E-state index contributed by atoms with van der Waals surface area (Å²) in [5, 5.41) is 0. The molecule has 2 aromatic rings. The molecule has 0 aromatic heterocycles. The molecule has 0 bridgehead atoms. The molecule has 2 atom stereocenters. The summed E-state index contributed by atoms with van der Waals surface area (Å²) in [7, 11) is 0. The number of hydrogen-bond acceptors (Lipinski definition) is 4. The lowest BCUT2D eigenvalue weighted by Crippen LogP contribution is -2.37. The van der Waals surface area contributed by atoms with Gasteiger partial charge in [0, 0.05) is 29.3 Å². The maximum absolute atomic E-state index is 13.2. The van der Waals surface area contributed by atoms with Crippen LogP contribution in [-0.4, -0.2) is 17.5 Å². The van der Waals surface area contributed by atoms with E-state index in [-0.39, 0.29) is 24.3 Å². The predicted molar refractivity (Wildman–Crippen MR) is 113 cm³/mol. The molecule has 0 unspecified atom stereocenters. The van der Waals surface area contributed by atoms with Crippen molar-refractivity contribution in [1.29, 1.82) is 0 Å². The minimum Gasteiger partial charge on any atom is -0.460 e. The van der Waals surface area contributed by atoms with Gasteiger partial charge in [-0.25, -0.2) is 0 Å². The van der Waals surface area contributed by atoms with Gasteiger partial charge in [-0.1, -0.05) is 54.6 Å². The second kappa shape index (κ2) is 8.16. The summed E-state index contributed by atoms with van der Waals surface area (Å²) in [4.78, 5) is 30.8. The van der Waals surface area contributed by atoms with Crippen molar-refractivity contribution in [2.24, 2.45) is 10.9 Å². The summed E-state index contributed by atoms with van der Waals surface area (Å²) in [6, 6.07) is 17.6. The van der Waals surface area contributed by atoms with E-state index in [1.165, 1.54) is 0 Å². The summed E-state index contributed by atoms with van der Waals surface area (Å²) in [5.74, 6) is -1.13. The van der Waals surface area contributed by atoms with Gasteiger partial charge in [0.05, 0.1) is 0 Å². The maximum atomic E-state index is 13.2. The number of nitrogens with zero attached hydrogens (tertiary/aromatic N) is 1. The maximum Gasteiger partial charge on any atom is 0.315 e. The molecule has 1 aliphatic carbocycles. The molecule has 0 fully saturated rings. The number of esters is 1. The molecule has 4 rings (SSSR count). The Morgan fingerprint density at radius 2 is 1.76 bits per heavy atom. The minimum absolute atomic E-state index is 0.108. The van der Waals surface area contributed by atoms with Crippen LogP contribution >= 0.6 is 0 Å². The summed E-state index contributed by atoms with van der Waals surface area (Å²) in [5.41, 5.74) is 5.29. The molecule has 0 radical (unpaired) electrons. The molecule has 1 heterocycles. The van der Waals surface area contributed by atoms with E-state index in [9.17, 15) is 9.59 Å². The Kier molecular flexibility index (Phi) is 5.43. The Morgan fingerprint density at radius 1 is 1.03 bits per heavy atom. The van der Waals surface area contributed by atoms with Gasteiger partial charge >= 0.3 is 5.97 Å². The van der Waals surface area contributed by atoms with Gasteiger partial charge in [0.1, 0.15) is 12.5 Å². The number of carbonyl (C=O) groups is 2. The lowest BCUT2D eigenvalue weighted by molar-refractivity contribution is -0.148. The van der Waals surface area contributed by atoms with E-state index in [1.807, 2.05) is 68.4 Å². The lowest BCUT2D eigenvalue weighted by Gasteiger charge is -2.35. The summed E-state index contributed by atoms with van der Waals surface area (Å²) in [6.45, 7) is 4.11. The van der Waals surface area contributed by atoms with Crippen molar-refractivity contribution in [2.75, 3.05) is 0 Å². The zero-order chi connectivity index (χ0) is 20.4. The largest absolute Gasteiger partial charge is 0.460 e. The van der Waals surface area contributed by atoms with Crippen molar-refractivity contribution >= 4 is 17.5 Å². The van der Waals surface area contributed by atoms with Crippen LogP contribution in [0, 0.1) is 12.8 Å². The van der Waals surface area contributed by atoms with Crippen LogP contribution in [0.4, 0.5) is 0 Å². The van der Waals surface area contributed by atoms with E-state index < -0.39 is 5.92 Å². The molecular weight excluding hydrogens is 362 g/mol. The SMILES string of the molecule is CC1=NC2=C(C(=O)CCC2)[C@@H](c2ccccc2C)[C@@H]1C(=O)OCc1ccccc1. The highest BCUT2D eigenvalue weighted by molar-refractivity contribution is 6.08. The summed E-state index contributed by atoms with van der Waals surface area (Å²) >= 11 is 0. The molecule has 0 spiro atoms. The first-order valence-corrected chi connectivity index (χ1v) is 10.1. The molecule has 0 N–H and O–H groups in total. The van der Waals surface area contributed by atoms with E-state index in [0.717, 1.165) is 40.9 Å². The number of benzene rings is 2. The number of carbonyl (C=O) groups excluding carboxylic acids is 2. The molecule has 1 aliphatic heterocycles. The molecule has 0 saturated carbocycles. The van der Waals surface area contributed by atoms with E-state index in [1.54, 1.807) is 0 Å². The smallest absolute Gasteiger partial charge is 0.315 e. The fraction of sp³-hybridized carbons (Fsp3) is 0.320. The van der Waals surface area contributed by atoms with Crippen LogP contribution in [-0.2, 0) is 20.9 Å². The highest BCUT2D eigenvalue weighted by Crippen LogP contribution is 2.44. The minimum atomic E-state index is -0.583. The van der Waals surface area contributed by atoms with Gasteiger partial charge < -0.3 is 4.74 Å². The van der Waals surface area contributed by atoms with Crippen LogP contribution in [0.25, 0.3) is 0 Å². The van der Waals surface area contributed by atoms with Gasteiger partial charge in [-0.05, 0) is 43.4 Å². The molecule has 148 valence electrons. The van der Waals surface area contributed by atoms with Crippen LogP contribution in [0.2, 0.25) is 0 Å². The van der Waals surface area contributed by atoms with E-state index in [2.05, 4.69) is 0 Å². The first-order chi connectivity index (χ1) is 14.1. The Balaban J connectivity index is 1.72. The molecule has 4 nitrogen and oxygen atoms in total. The number of hydrogen-bond donors (Lipinski definition) is 0. The molecule has 2 aromatic carbocycles. The Morgan fingerprint density at radius 3 is 2.52 bits per heavy atom. The second-order valence-electron chi connectivity index (χ2n) is 7.80. The van der Waals surface area contributed by atoms with Gasteiger partial charge in [0.15, 0.2) is 5.78 Å². The Hall–Kier alpha value is -3.01. The molecule has 29 heavy (non-hydrogen) atoms. The standard InChI is InChI=1S/C25H25NO3/c1-16-9-6-7-12-19(16)23-22(25(28)29-15-18-10-4-3-5-11-18)17(2)26-20-13-8-14-21(27)24(20)23/h3-7,9-12,22-23H,8,13-15H2,1-2H3/t22-,23+/m1/s1. The van der Waals surface area contributed by atoms with E-state index in [0.29, 0.717) is 12.0 Å². The van der Waals surface area contributed by atoms with E-state index in [4.69, 9.17) is 9.73 Å². The van der Waals surface area contributed by atoms with Crippen molar-refractivity contribution < 1.29 is 14.3 Å². The zero-order valence-corrected chi connectivity index (χ0v) is 16.9. The second-order valence-corrected chi connectivity index (χ2v) is 7.80. The third-order valence-corrected chi connectivity index (χ3v) is 5.84. The first-order valence-electron chi connectivity index (χ1n) is 10.1. The normalized spacial score (nSPS) is 21.4. The monoisotopic (exact) mass is 387 g/mol. The van der Waals surface area contributed by atoms with Crippen molar-refractivity contribution in [3.8, 4) is 0 Å². The molecule has 4 heteroatoms. The summed E-state index contributed by atoms with van der Waals surface area (Å²) < 4.78 is 5.69. The Labute approximate surface area is 171 Å². The number of aliphatic imine (C=N–C) groups is 1. The molecule has 0 amide bonds. The number of Topliss-reactive ketones (excluding diaryl/α,β-unsaturated/α-hetero) is 1. The number of rotatable bonds is 4. The van der Waals surface area contributed by atoms with Crippen LogP contribution in [0.5, 0.6) is 0 Å².